The molecule has 3 aromatic rings. The molecule has 1 heterocycles. The predicted molar refractivity (Wildman–Crippen MR) is 91.3 cm³/mol. The van der Waals surface area contributed by atoms with Crippen molar-refractivity contribution in [3.8, 4) is 11.1 Å². The predicted octanol–water partition coefficient (Wildman–Crippen LogP) is 5.11. The Balaban J connectivity index is 2.36. The summed E-state index contributed by atoms with van der Waals surface area (Å²) in [5.41, 5.74) is 4.53. The normalized spacial score (nSPS) is 11.0. The van der Waals surface area contributed by atoms with Crippen molar-refractivity contribution in [1.82, 2.24) is 0 Å². The molecule has 0 fully saturated rings. The number of fused-ring (bicyclic) bond motifs is 1. The van der Waals surface area contributed by atoms with E-state index in [0.717, 1.165) is 41.3 Å². The SMILES string of the molecule is CCCCc1c(-c2ccccc2)c2cc(C)ccc2oc1=O. The van der Waals surface area contributed by atoms with Crippen LogP contribution in [0, 0.1) is 6.92 Å². The second-order valence-corrected chi connectivity index (χ2v) is 5.71. The van der Waals surface area contributed by atoms with Gasteiger partial charge in [0.1, 0.15) is 5.58 Å². The lowest BCUT2D eigenvalue weighted by molar-refractivity contribution is 0.548. The van der Waals surface area contributed by atoms with Crippen LogP contribution >= 0.6 is 0 Å². The van der Waals surface area contributed by atoms with E-state index in [9.17, 15) is 4.79 Å². The summed E-state index contributed by atoms with van der Waals surface area (Å²) in [6.07, 6.45) is 2.80. The van der Waals surface area contributed by atoms with Crippen LogP contribution in [0.3, 0.4) is 0 Å². The van der Waals surface area contributed by atoms with Crippen LogP contribution in [0.25, 0.3) is 22.1 Å². The van der Waals surface area contributed by atoms with Gasteiger partial charge in [0.25, 0.3) is 0 Å². The van der Waals surface area contributed by atoms with Gasteiger partial charge >= 0.3 is 5.63 Å². The first kappa shape index (κ1) is 14.6. The molecule has 0 amide bonds. The van der Waals surface area contributed by atoms with E-state index in [-0.39, 0.29) is 5.63 Å². The van der Waals surface area contributed by atoms with Gasteiger partial charge in [-0.05, 0) is 37.5 Å². The Kier molecular flexibility index (Phi) is 4.10. The Hall–Kier alpha value is -2.35. The highest BCUT2D eigenvalue weighted by atomic mass is 16.4. The zero-order valence-corrected chi connectivity index (χ0v) is 13.1. The van der Waals surface area contributed by atoms with Gasteiger partial charge in [0, 0.05) is 16.5 Å². The number of hydrogen-bond donors (Lipinski definition) is 0. The molecule has 3 rings (SSSR count). The number of unbranched alkanes of at least 4 members (excludes halogenated alkanes) is 1. The molecule has 0 radical (unpaired) electrons. The Morgan fingerprint density at radius 3 is 2.55 bits per heavy atom. The molecular formula is C20H20O2. The quantitative estimate of drug-likeness (QED) is 0.625. The van der Waals surface area contributed by atoms with Crippen molar-refractivity contribution >= 4 is 11.0 Å². The molecule has 0 aliphatic carbocycles. The Morgan fingerprint density at radius 1 is 1.05 bits per heavy atom. The van der Waals surface area contributed by atoms with Gasteiger partial charge in [-0.2, -0.15) is 0 Å². The summed E-state index contributed by atoms with van der Waals surface area (Å²) in [5.74, 6) is 0. The largest absolute Gasteiger partial charge is 0.422 e. The first-order chi connectivity index (χ1) is 10.7. The molecule has 0 saturated heterocycles. The summed E-state index contributed by atoms with van der Waals surface area (Å²) < 4.78 is 5.55. The summed E-state index contributed by atoms with van der Waals surface area (Å²) in [6.45, 7) is 4.19. The van der Waals surface area contributed by atoms with E-state index >= 15 is 0 Å². The Morgan fingerprint density at radius 2 is 1.82 bits per heavy atom. The molecular weight excluding hydrogens is 272 g/mol. The molecule has 0 spiro atoms. The molecule has 1 aromatic heterocycles. The van der Waals surface area contributed by atoms with Crippen LogP contribution in [0.5, 0.6) is 0 Å². The number of benzene rings is 2. The lowest BCUT2D eigenvalue weighted by Crippen LogP contribution is -2.10. The molecule has 0 N–H and O–H groups in total. The van der Waals surface area contributed by atoms with E-state index in [1.165, 1.54) is 5.56 Å². The van der Waals surface area contributed by atoms with Crippen molar-refractivity contribution in [2.45, 2.75) is 33.1 Å². The number of hydrogen-bond acceptors (Lipinski definition) is 2. The van der Waals surface area contributed by atoms with Gasteiger partial charge in [-0.25, -0.2) is 4.79 Å². The van der Waals surface area contributed by atoms with E-state index in [2.05, 4.69) is 32.0 Å². The molecule has 2 aromatic carbocycles. The monoisotopic (exact) mass is 292 g/mol. The molecule has 0 saturated carbocycles. The van der Waals surface area contributed by atoms with Crippen molar-refractivity contribution in [2.75, 3.05) is 0 Å². The average molecular weight is 292 g/mol. The fourth-order valence-corrected chi connectivity index (χ4v) is 2.87. The smallest absolute Gasteiger partial charge is 0.340 e. The number of rotatable bonds is 4. The van der Waals surface area contributed by atoms with Crippen molar-refractivity contribution in [2.24, 2.45) is 0 Å². The third-order valence-corrected chi connectivity index (χ3v) is 4.00. The van der Waals surface area contributed by atoms with Crippen molar-refractivity contribution in [3.63, 3.8) is 0 Å². The summed E-state index contributed by atoms with van der Waals surface area (Å²) in [6, 6.07) is 16.1. The van der Waals surface area contributed by atoms with E-state index in [0.29, 0.717) is 5.58 Å². The van der Waals surface area contributed by atoms with E-state index < -0.39 is 0 Å². The highest BCUT2D eigenvalue weighted by Gasteiger charge is 2.15. The molecule has 0 aliphatic rings. The molecule has 0 bridgehead atoms. The lowest BCUT2D eigenvalue weighted by atomic mass is 9.94. The first-order valence-electron chi connectivity index (χ1n) is 7.82. The zero-order valence-electron chi connectivity index (χ0n) is 13.1. The topological polar surface area (TPSA) is 30.2 Å². The highest BCUT2D eigenvalue weighted by Crippen LogP contribution is 2.31. The fourth-order valence-electron chi connectivity index (χ4n) is 2.87. The van der Waals surface area contributed by atoms with Gasteiger partial charge < -0.3 is 4.42 Å². The van der Waals surface area contributed by atoms with Crippen molar-refractivity contribution in [1.29, 1.82) is 0 Å². The zero-order chi connectivity index (χ0) is 15.5. The summed E-state index contributed by atoms with van der Waals surface area (Å²) >= 11 is 0. The Labute approximate surface area is 130 Å². The molecule has 2 heteroatoms. The lowest BCUT2D eigenvalue weighted by Gasteiger charge is -2.12. The van der Waals surface area contributed by atoms with E-state index in [1.807, 2.05) is 30.3 Å². The fraction of sp³-hybridized carbons (Fsp3) is 0.250. The van der Waals surface area contributed by atoms with E-state index in [4.69, 9.17) is 4.42 Å². The van der Waals surface area contributed by atoms with Crippen LogP contribution < -0.4 is 5.63 Å². The maximum Gasteiger partial charge on any atom is 0.340 e. The minimum atomic E-state index is -0.205. The van der Waals surface area contributed by atoms with E-state index in [1.54, 1.807) is 0 Å². The van der Waals surface area contributed by atoms with Gasteiger partial charge in [-0.1, -0.05) is 55.3 Å². The van der Waals surface area contributed by atoms with Gasteiger partial charge in [-0.15, -0.1) is 0 Å². The van der Waals surface area contributed by atoms with Gasteiger partial charge in [0.15, 0.2) is 0 Å². The standard InChI is InChI=1S/C20H20O2/c1-3-4-10-16-19(15-8-6-5-7-9-15)17-13-14(2)11-12-18(17)22-20(16)21/h5-9,11-13H,3-4,10H2,1-2H3. The summed E-state index contributed by atoms with van der Waals surface area (Å²) in [5, 5.41) is 1.02. The first-order valence-corrected chi connectivity index (χ1v) is 7.82. The minimum absolute atomic E-state index is 0.205. The van der Waals surface area contributed by atoms with Crippen LogP contribution in [-0.2, 0) is 6.42 Å². The van der Waals surface area contributed by atoms with Crippen LogP contribution in [0.4, 0.5) is 0 Å². The summed E-state index contributed by atoms with van der Waals surface area (Å²) in [7, 11) is 0. The van der Waals surface area contributed by atoms with Gasteiger partial charge in [-0.3, -0.25) is 0 Å². The summed E-state index contributed by atoms with van der Waals surface area (Å²) in [4.78, 5) is 12.5. The van der Waals surface area contributed by atoms with Crippen molar-refractivity contribution in [3.05, 3.63) is 70.1 Å². The van der Waals surface area contributed by atoms with Crippen LogP contribution in [0.1, 0.15) is 30.9 Å². The minimum Gasteiger partial charge on any atom is -0.422 e. The van der Waals surface area contributed by atoms with Crippen LogP contribution in [0.15, 0.2) is 57.7 Å². The van der Waals surface area contributed by atoms with Gasteiger partial charge in [0.2, 0.25) is 0 Å². The molecule has 0 atom stereocenters. The second-order valence-electron chi connectivity index (χ2n) is 5.71. The van der Waals surface area contributed by atoms with Crippen molar-refractivity contribution < 1.29 is 4.42 Å². The average Bonchev–Trinajstić information content (AvgIpc) is 2.54. The Bertz CT molecular complexity index is 845. The second kappa shape index (κ2) is 6.18. The molecule has 0 unspecified atom stereocenters. The van der Waals surface area contributed by atoms with Gasteiger partial charge in [0.05, 0.1) is 0 Å². The molecule has 112 valence electrons. The third kappa shape index (κ3) is 2.69. The molecule has 0 aliphatic heterocycles. The highest BCUT2D eigenvalue weighted by molar-refractivity contribution is 5.95. The van der Waals surface area contributed by atoms with Crippen LogP contribution in [-0.4, -0.2) is 0 Å². The molecule has 2 nitrogen and oxygen atoms in total. The third-order valence-electron chi connectivity index (χ3n) is 4.00. The maximum absolute atomic E-state index is 12.5. The number of aryl methyl sites for hydroxylation is 1. The van der Waals surface area contributed by atoms with Crippen LogP contribution in [0.2, 0.25) is 0 Å². The molecule has 22 heavy (non-hydrogen) atoms. The maximum atomic E-state index is 12.5.